The molecule has 0 amide bonds. The minimum atomic E-state index is -3.70. The molecule has 1 atom stereocenters. The van der Waals surface area contributed by atoms with Gasteiger partial charge in [0.1, 0.15) is 15.7 Å². The maximum atomic E-state index is 12.2. The summed E-state index contributed by atoms with van der Waals surface area (Å²) >= 11 is 11.9. The Kier molecular flexibility index (Phi) is 5.50. The Hall–Kier alpha value is -0.490. The van der Waals surface area contributed by atoms with E-state index in [-0.39, 0.29) is 26.9 Å². The molecule has 0 radical (unpaired) electrons. The molecular formula is C12H17Cl2NO3S. The average molecular weight is 326 g/mol. The van der Waals surface area contributed by atoms with E-state index in [2.05, 4.69) is 4.72 Å². The summed E-state index contributed by atoms with van der Waals surface area (Å²) in [5, 5.41) is 0.0497. The van der Waals surface area contributed by atoms with Crippen LogP contribution in [-0.2, 0) is 10.0 Å². The third kappa shape index (κ3) is 3.75. The molecule has 0 saturated heterocycles. The molecule has 0 saturated carbocycles. The van der Waals surface area contributed by atoms with Crippen molar-refractivity contribution in [3.8, 4) is 5.75 Å². The zero-order valence-corrected chi connectivity index (χ0v) is 13.5. The molecule has 19 heavy (non-hydrogen) atoms. The van der Waals surface area contributed by atoms with Gasteiger partial charge in [0.15, 0.2) is 0 Å². The van der Waals surface area contributed by atoms with Gasteiger partial charge in [-0.3, -0.25) is 0 Å². The van der Waals surface area contributed by atoms with Crippen LogP contribution in [0, 0.1) is 5.92 Å². The molecule has 0 unspecified atom stereocenters. The zero-order chi connectivity index (χ0) is 14.8. The van der Waals surface area contributed by atoms with Crippen molar-refractivity contribution in [1.29, 1.82) is 0 Å². The Morgan fingerprint density at radius 1 is 1.16 bits per heavy atom. The second kappa shape index (κ2) is 6.31. The Balaban J connectivity index is 3.20. The van der Waals surface area contributed by atoms with Crippen molar-refractivity contribution in [2.24, 2.45) is 5.92 Å². The van der Waals surface area contributed by atoms with Gasteiger partial charge in [0.05, 0.1) is 12.1 Å². The van der Waals surface area contributed by atoms with Crippen LogP contribution < -0.4 is 9.46 Å². The number of ether oxygens (including phenoxy) is 1. The van der Waals surface area contributed by atoms with Crippen molar-refractivity contribution in [2.45, 2.75) is 31.7 Å². The van der Waals surface area contributed by atoms with Gasteiger partial charge >= 0.3 is 0 Å². The number of methoxy groups -OCH3 is 1. The molecule has 4 nitrogen and oxygen atoms in total. The van der Waals surface area contributed by atoms with Gasteiger partial charge in [0, 0.05) is 6.04 Å². The summed E-state index contributed by atoms with van der Waals surface area (Å²) in [5.74, 6) is 0.504. The van der Waals surface area contributed by atoms with Crippen LogP contribution in [0.2, 0.25) is 10.0 Å². The predicted molar refractivity (Wildman–Crippen MR) is 77.6 cm³/mol. The number of nitrogens with one attached hydrogen (secondary N) is 1. The van der Waals surface area contributed by atoms with Crippen LogP contribution in [0.5, 0.6) is 5.75 Å². The highest BCUT2D eigenvalue weighted by molar-refractivity contribution is 7.89. The third-order valence-corrected chi connectivity index (χ3v) is 5.44. The first kappa shape index (κ1) is 16.6. The minimum Gasteiger partial charge on any atom is -0.495 e. The Labute approximate surface area is 124 Å². The van der Waals surface area contributed by atoms with Gasteiger partial charge < -0.3 is 4.74 Å². The second-order valence-corrected chi connectivity index (χ2v) is 6.99. The van der Waals surface area contributed by atoms with Gasteiger partial charge in [-0.2, -0.15) is 0 Å². The van der Waals surface area contributed by atoms with Crippen LogP contribution in [0.25, 0.3) is 0 Å². The van der Waals surface area contributed by atoms with Crippen molar-refractivity contribution in [3.63, 3.8) is 0 Å². The normalized spacial score (nSPS) is 13.6. The van der Waals surface area contributed by atoms with E-state index < -0.39 is 10.0 Å². The standard InChI is InChI=1S/C12H17Cl2NO3S/c1-7(2)8(3)15-19(16,17)10-6-5-9(18-4)11(13)12(10)14/h5-8,15H,1-4H3/t8-/m1/s1. The molecule has 7 heteroatoms. The van der Waals surface area contributed by atoms with E-state index >= 15 is 0 Å². The lowest BCUT2D eigenvalue weighted by Crippen LogP contribution is -2.36. The first-order valence-electron chi connectivity index (χ1n) is 5.75. The minimum absolute atomic E-state index is 0.0375. The van der Waals surface area contributed by atoms with E-state index in [1.807, 2.05) is 13.8 Å². The monoisotopic (exact) mass is 325 g/mol. The topological polar surface area (TPSA) is 55.4 Å². The average Bonchev–Trinajstić information content (AvgIpc) is 2.31. The van der Waals surface area contributed by atoms with Crippen LogP contribution in [0.1, 0.15) is 20.8 Å². The summed E-state index contributed by atoms with van der Waals surface area (Å²) in [5.41, 5.74) is 0. The molecule has 0 aliphatic rings. The smallest absolute Gasteiger partial charge is 0.242 e. The van der Waals surface area contributed by atoms with Crippen molar-refractivity contribution >= 4 is 33.2 Å². The second-order valence-electron chi connectivity index (χ2n) is 4.55. The number of benzene rings is 1. The molecule has 0 aliphatic carbocycles. The maximum absolute atomic E-state index is 12.2. The molecule has 1 rings (SSSR count). The van der Waals surface area contributed by atoms with Crippen LogP contribution >= 0.6 is 23.2 Å². The molecule has 1 N–H and O–H groups in total. The van der Waals surface area contributed by atoms with Gasteiger partial charge in [-0.05, 0) is 25.0 Å². The fraction of sp³-hybridized carbons (Fsp3) is 0.500. The Morgan fingerprint density at radius 3 is 2.21 bits per heavy atom. The van der Waals surface area contributed by atoms with E-state index in [0.29, 0.717) is 5.75 Å². The Morgan fingerprint density at radius 2 is 1.74 bits per heavy atom. The molecule has 0 heterocycles. The lowest BCUT2D eigenvalue weighted by atomic mass is 10.1. The number of rotatable bonds is 5. The SMILES string of the molecule is COc1ccc(S(=O)(=O)N[C@H](C)C(C)C)c(Cl)c1Cl. The summed E-state index contributed by atoms with van der Waals surface area (Å²) < 4.78 is 32.0. The first-order valence-corrected chi connectivity index (χ1v) is 7.99. The fourth-order valence-corrected chi connectivity index (χ4v) is 3.56. The Bertz CT molecular complexity index is 558. The van der Waals surface area contributed by atoms with Crippen molar-refractivity contribution in [1.82, 2.24) is 4.72 Å². The van der Waals surface area contributed by atoms with E-state index in [9.17, 15) is 8.42 Å². The highest BCUT2D eigenvalue weighted by Crippen LogP contribution is 2.36. The zero-order valence-electron chi connectivity index (χ0n) is 11.2. The number of hydrogen-bond donors (Lipinski definition) is 1. The lowest BCUT2D eigenvalue weighted by molar-refractivity contribution is 0.414. The molecule has 1 aromatic carbocycles. The molecule has 0 spiro atoms. The molecule has 0 aliphatic heterocycles. The van der Waals surface area contributed by atoms with Gasteiger partial charge in [-0.25, -0.2) is 13.1 Å². The molecule has 108 valence electrons. The predicted octanol–water partition coefficient (Wildman–Crippen LogP) is 3.32. The van der Waals surface area contributed by atoms with Gasteiger partial charge in [-0.1, -0.05) is 37.0 Å². The molecule has 1 aromatic rings. The largest absolute Gasteiger partial charge is 0.495 e. The number of halogens is 2. The van der Waals surface area contributed by atoms with Gasteiger partial charge in [0.2, 0.25) is 10.0 Å². The number of sulfonamides is 1. The summed E-state index contributed by atoms with van der Waals surface area (Å²) in [7, 11) is -2.27. The number of hydrogen-bond acceptors (Lipinski definition) is 3. The third-order valence-electron chi connectivity index (χ3n) is 2.86. The highest BCUT2D eigenvalue weighted by Gasteiger charge is 2.24. The van der Waals surface area contributed by atoms with Crippen LogP contribution in [0.15, 0.2) is 17.0 Å². The molecule has 0 aromatic heterocycles. The molecule has 0 fully saturated rings. The van der Waals surface area contributed by atoms with E-state index in [4.69, 9.17) is 27.9 Å². The van der Waals surface area contributed by atoms with E-state index in [1.165, 1.54) is 19.2 Å². The van der Waals surface area contributed by atoms with E-state index in [0.717, 1.165) is 0 Å². The first-order chi connectivity index (χ1) is 8.70. The van der Waals surface area contributed by atoms with Crippen LogP contribution in [0.3, 0.4) is 0 Å². The molecular weight excluding hydrogens is 309 g/mol. The van der Waals surface area contributed by atoms with Crippen molar-refractivity contribution < 1.29 is 13.2 Å². The quantitative estimate of drug-likeness (QED) is 0.903. The van der Waals surface area contributed by atoms with E-state index in [1.54, 1.807) is 6.92 Å². The van der Waals surface area contributed by atoms with Gasteiger partial charge in [-0.15, -0.1) is 0 Å². The summed E-state index contributed by atoms with van der Waals surface area (Å²) in [6.07, 6.45) is 0. The lowest BCUT2D eigenvalue weighted by Gasteiger charge is -2.18. The van der Waals surface area contributed by atoms with Crippen molar-refractivity contribution in [2.75, 3.05) is 7.11 Å². The van der Waals surface area contributed by atoms with Crippen LogP contribution in [0.4, 0.5) is 0 Å². The van der Waals surface area contributed by atoms with Gasteiger partial charge in [0.25, 0.3) is 0 Å². The summed E-state index contributed by atoms with van der Waals surface area (Å²) in [4.78, 5) is -0.0486. The van der Waals surface area contributed by atoms with Crippen LogP contribution in [-0.4, -0.2) is 21.6 Å². The maximum Gasteiger partial charge on any atom is 0.242 e. The highest BCUT2D eigenvalue weighted by atomic mass is 35.5. The fourth-order valence-electron chi connectivity index (χ4n) is 1.32. The summed E-state index contributed by atoms with van der Waals surface area (Å²) in [6, 6.07) is 2.65. The summed E-state index contributed by atoms with van der Waals surface area (Å²) in [6.45, 7) is 5.65. The molecule has 0 bridgehead atoms. The van der Waals surface area contributed by atoms with Crippen molar-refractivity contribution in [3.05, 3.63) is 22.2 Å².